The second-order valence-electron chi connectivity index (χ2n) is 6.83. The molecule has 1 N–H and O–H groups in total. The Hall–Kier alpha value is -4.05. The monoisotopic (exact) mass is 417 g/mol. The van der Waals surface area contributed by atoms with Gasteiger partial charge in [-0.25, -0.2) is 4.39 Å². The average molecular weight is 417 g/mol. The molecule has 4 rings (SSSR count). The molecule has 1 atom stereocenters. The number of nitriles is 1. The summed E-state index contributed by atoms with van der Waals surface area (Å²) in [4.78, 5) is 15.0. The van der Waals surface area contributed by atoms with Gasteiger partial charge in [0.25, 0.3) is 5.91 Å². The van der Waals surface area contributed by atoms with Crippen molar-refractivity contribution in [3.63, 3.8) is 0 Å². The highest BCUT2D eigenvalue weighted by atomic mass is 19.1. The Morgan fingerprint density at radius 2 is 1.84 bits per heavy atom. The van der Waals surface area contributed by atoms with Crippen LogP contribution in [0.4, 0.5) is 15.8 Å². The van der Waals surface area contributed by atoms with Crippen LogP contribution in [0.15, 0.2) is 66.7 Å². The van der Waals surface area contributed by atoms with Crippen LogP contribution in [0, 0.1) is 17.1 Å². The summed E-state index contributed by atoms with van der Waals surface area (Å²) < 4.78 is 24.7. The van der Waals surface area contributed by atoms with Gasteiger partial charge in [-0.2, -0.15) is 5.26 Å². The van der Waals surface area contributed by atoms with Crippen LogP contribution >= 0.6 is 0 Å². The maximum absolute atomic E-state index is 13.5. The van der Waals surface area contributed by atoms with Gasteiger partial charge in [0.2, 0.25) is 0 Å². The predicted octanol–water partition coefficient (Wildman–Crippen LogP) is 4.90. The van der Waals surface area contributed by atoms with Gasteiger partial charge in [-0.05, 0) is 61.0 Å². The molecule has 0 spiro atoms. The topological polar surface area (TPSA) is 74.6 Å². The molecule has 0 radical (unpaired) electrons. The molecule has 6 nitrogen and oxygen atoms in total. The Kier molecular flexibility index (Phi) is 5.72. The van der Waals surface area contributed by atoms with E-state index in [-0.39, 0.29) is 18.3 Å². The molecule has 0 aliphatic carbocycles. The number of nitrogens with zero attached hydrogens (tertiary/aromatic N) is 2. The van der Waals surface area contributed by atoms with Crippen molar-refractivity contribution in [1.29, 1.82) is 5.26 Å². The molecule has 1 aliphatic rings. The number of rotatable bonds is 6. The van der Waals surface area contributed by atoms with E-state index in [1.807, 2.05) is 31.2 Å². The van der Waals surface area contributed by atoms with Crippen molar-refractivity contribution in [1.82, 2.24) is 0 Å². The number of hydrogen-bond donors (Lipinski definition) is 1. The van der Waals surface area contributed by atoms with E-state index in [1.54, 1.807) is 41.3 Å². The van der Waals surface area contributed by atoms with E-state index in [4.69, 9.17) is 14.7 Å². The fourth-order valence-corrected chi connectivity index (χ4v) is 3.55. The quantitative estimate of drug-likeness (QED) is 0.618. The van der Waals surface area contributed by atoms with Crippen molar-refractivity contribution in [3.8, 4) is 17.6 Å². The molecule has 7 heteroatoms. The van der Waals surface area contributed by atoms with Crippen LogP contribution in [0.3, 0.4) is 0 Å². The number of fused-ring (bicyclic) bond motifs is 1. The molecular weight excluding hydrogens is 397 g/mol. The predicted molar refractivity (Wildman–Crippen MR) is 115 cm³/mol. The van der Waals surface area contributed by atoms with E-state index >= 15 is 0 Å². The molecule has 0 aromatic heterocycles. The standard InChI is InChI=1S/C24H20FN3O3/c1-2-30-22-15-16(7-12-21(22)31-14-13-26)23-27-20-6-4-3-5-19(20)24(29)28(23)18-10-8-17(25)9-11-18/h3-12,15,23,27H,2,14H2,1H3. The first kappa shape index (κ1) is 20.2. The summed E-state index contributed by atoms with van der Waals surface area (Å²) >= 11 is 0. The number of carbonyl (C=O) groups excluding carboxylic acids is 1. The van der Waals surface area contributed by atoms with Gasteiger partial charge in [0.05, 0.1) is 12.2 Å². The first-order chi connectivity index (χ1) is 15.1. The van der Waals surface area contributed by atoms with Crippen molar-refractivity contribution in [2.45, 2.75) is 13.1 Å². The molecule has 0 saturated heterocycles. The number of anilines is 2. The minimum Gasteiger partial charge on any atom is -0.490 e. The summed E-state index contributed by atoms with van der Waals surface area (Å²) in [5.74, 6) is 0.343. The normalized spacial score (nSPS) is 14.9. The van der Waals surface area contributed by atoms with Crippen LogP contribution in [0.2, 0.25) is 0 Å². The summed E-state index contributed by atoms with van der Waals surface area (Å²) in [6.45, 7) is 2.16. The molecule has 0 bridgehead atoms. The van der Waals surface area contributed by atoms with Crippen LogP contribution in [-0.2, 0) is 0 Å². The lowest BCUT2D eigenvalue weighted by Crippen LogP contribution is -2.43. The molecule has 1 unspecified atom stereocenters. The van der Waals surface area contributed by atoms with Crippen molar-refractivity contribution in [3.05, 3.63) is 83.7 Å². The highest BCUT2D eigenvalue weighted by Crippen LogP contribution is 2.39. The van der Waals surface area contributed by atoms with Crippen molar-refractivity contribution < 1.29 is 18.7 Å². The second kappa shape index (κ2) is 8.76. The van der Waals surface area contributed by atoms with E-state index in [9.17, 15) is 9.18 Å². The molecular formula is C24H20FN3O3. The Bertz CT molecular complexity index is 1140. The van der Waals surface area contributed by atoms with Crippen molar-refractivity contribution >= 4 is 17.3 Å². The molecule has 31 heavy (non-hydrogen) atoms. The first-order valence-electron chi connectivity index (χ1n) is 9.83. The molecule has 0 fully saturated rings. The van der Waals surface area contributed by atoms with Crippen LogP contribution in [0.25, 0.3) is 0 Å². The number of hydrogen-bond acceptors (Lipinski definition) is 5. The lowest BCUT2D eigenvalue weighted by molar-refractivity contribution is 0.0975. The van der Waals surface area contributed by atoms with E-state index in [1.165, 1.54) is 12.1 Å². The van der Waals surface area contributed by atoms with Crippen LogP contribution in [0.5, 0.6) is 11.5 Å². The summed E-state index contributed by atoms with van der Waals surface area (Å²) in [6, 6.07) is 20.3. The van der Waals surface area contributed by atoms with Gasteiger partial charge in [-0.1, -0.05) is 18.2 Å². The minimum absolute atomic E-state index is 0.103. The number of halogens is 1. The number of benzene rings is 3. The van der Waals surface area contributed by atoms with Crippen LogP contribution in [0.1, 0.15) is 29.0 Å². The summed E-state index contributed by atoms with van der Waals surface area (Å²) in [6.07, 6.45) is -0.558. The van der Waals surface area contributed by atoms with Crippen molar-refractivity contribution in [2.75, 3.05) is 23.4 Å². The first-order valence-corrected chi connectivity index (χ1v) is 9.83. The van der Waals surface area contributed by atoms with Crippen LogP contribution in [-0.4, -0.2) is 19.1 Å². The Balaban J connectivity index is 1.80. The van der Waals surface area contributed by atoms with Gasteiger partial charge < -0.3 is 14.8 Å². The number of ether oxygens (including phenoxy) is 2. The van der Waals surface area contributed by atoms with Gasteiger partial charge in [-0.15, -0.1) is 0 Å². The largest absolute Gasteiger partial charge is 0.490 e. The second-order valence-corrected chi connectivity index (χ2v) is 6.83. The maximum atomic E-state index is 13.5. The smallest absolute Gasteiger partial charge is 0.262 e. The third kappa shape index (κ3) is 4.01. The zero-order valence-corrected chi connectivity index (χ0v) is 16.8. The highest BCUT2D eigenvalue weighted by Gasteiger charge is 2.34. The SMILES string of the molecule is CCOc1cc(C2Nc3ccccc3C(=O)N2c2ccc(F)cc2)ccc1OCC#N. The third-order valence-corrected chi connectivity index (χ3v) is 4.91. The van der Waals surface area contributed by atoms with Gasteiger partial charge >= 0.3 is 0 Å². The molecule has 0 saturated carbocycles. The molecule has 3 aromatic carbocycles. The van der Waals surface area contributed by atoms with E-state index in [2.05, 4.69) is 5.32 Å². The zero-order chi connectivity index (χ0) is 21.8. The highest BCUT2D eigenvalue weighted by molar-refractivity contribution is 6.12. The molecule has 156 valence electrons. The number of nitrogens with one attached hydrogen (secondary N) is 1. The molecule has 3 aromatic rings. The number of amides is 1. The summed E-state index contributed by atoms with van der Waals surface area (Å²) in [7, 11) is 0. The fourth-order valence-electron chi connectivity index (χ4n) is 3.55. The Morgan fingerprint density at radius 1 is 1.06 bits per heavy atom. The van der Waals surface area contributed by atoms with Gasteiger partial charge in [0.15, 0.2) is 18.1 Å². The van der Waals surface area contributed by atoms with Crippen LogP contribution < -0.4 is 19.7 Å². The van der Waals surface area contributed by atoms with Gasteiger partial charge in [0, 0.05) is 11.4 Å². The Labute approximate surface area is 179 Å². The van der Waals surface area contributed by atoms with Gasteiger partial charge in [0.1, 0.15) is 18.1 Å². The van der Waals surface area contributed by atoms with E-state index < -0.39 is 6.17 Å². The lowest BCUT2D eigenvalue weighted by atomic mass is 10.0. The van der Waals surface area contributed by atoms with E-state index in [0.29, 0.717) is 35.0 Å². The fraction of sp³-hybridized carbons (Fsp3) is 0.167. The number of carbonyl (C=O) groups is 1. The Morgan fingerprint density at radius 3 is 2.58 bits per heavy atom. The number of para-hydroxylation sites is 1. The summed E-state index contributed by atoms with van der Waals surface area (Å²) in [5.41, 5.74) is 2.54. The molecule has 1 heterocycles. The van der Waals surface area contributed by atoms with Gasteiger partial charge in [-0.3, -0.25) is 9.69 Å². The molecule has 1 amide bonds. The van der Waals surface area contributed by atoms with E-state index in [0.717, 1.165) is 5.56 Å². The zero-order valence-electron chi connectivity index (χ0n) is 16.8. The summed E-state index contributed by atoms with van der Waals surface area (Å²) in [5, 5.41) is 12.2. The average Bonchev–Trinajstić information content (AvgIpc) is 2.79. The maximum Gasteiger partial charge on any atom is 0.262 e. The lowest BCUT2D eigenvalue weighted by Gasteiger charge is -2.38. The third-order valence-electron chi connectivity index (χ3n) is 4.91. The molecule has 1 aliphatic heterocycles. The van der Waals surface area contributed by atoms with Crippen molar-refractivity contribution in [2.24, 2.45) is 0 Å². The minimum atomic E-state index is -0.558.